The highest BCUT2D eigenvalue weighted by atomic mass is 35.5. The second kappa shape index (κ2) is 5.33. The molecule has 0 aromatic heterocycles. The molecule has 0 aliphatic carbocycles. The van der Waals surface area contributed by atoms with E-state index in [0.29, 0.717) is 11.3 Å². The summed E-state index contributed by atoms with van der Waals surface area (Å²) in [6.45, 7) is 0. The van der Waals surface area contributed by atoms with E-state index in [1.807, 2.05) is 0 Å². The quantitative estimate of drug-likeness (QED) is 0.813. The Morgan fingerprint density at radius 2 is 1.63 bits per heavy atom. The zero-order valence-electron chi connectivity index (χ0n) is 9.51. The molecule has 0 N–H and O–H groups in total. The minimum atomic E-state index is -3.85. The summed E-state index contributed by atoms with van der Waals surface area (Å²) in [6, 6.07) is 10.0. The molecule has 19 heavy (non-hydrogen) atoms. The molecule has 0 aliphatic heterocycles. The van der Waals surface area contributed by atoms with Crippen LogP contribution < -0.4 is 0 Å². The highest BCUT2D eigenvalue weighted by Gasteiger charge is 2.23. The first-order chi connectivity index (χ1) is 8.96. The Morgan fingerprint density at radius 1 is 0.947 bits per heavy atom. The minimum Gasteiger partial charge on any atom is -0.298 e. The topological polar surface area (TPSA) is 51.2 Å². The molecule has 0 saturated heterocycles. The number of hydrogen-bond acceptors (Lipinski definition) is 3. The van der Waals surface area contributed by atoms with Crippen LogP contribution in [-0.2, 0) is 9.84 Å². The lowest BCUT2D eigenvalue weighted by Gasteiger charge is -2.08. The molecule has 2 aromatic rings. The lowest BCUT2D eigenvalue weighted by Crippen LogP contribution is -2.06. The van der Waals surface area contributed by atoms with Crippen molar-refractivity contribution in [3.05, 3.63) is 58.1 Å². The average Bonchev–Trinajstić information content (AvgIpc) is 2.38. The van der Waals surface area contributed by atoms with Gasteiger partial charge >= 0.3 is 0 Å². The summed E-state index contributed by atoms with van der Waals surface area (Å²) in [5, 5.41) is 0.362. The summed E-state index contributed by atoms with van der Waals surface area (Å²) in [4.78, 5) is 10.8. The second-order valence-corrected chi connectivity index (χ2v) is 6.46. The van der Waals surface area contributed by atoms with E-state index in [4.69, 9.17) is 23.2 Å². The molecule has 0 aliphatic rings. The van der Waals surface area contributed by atoms with Crippen LogP contribution in [0.1, 0.15) is 10.4 Å². The Balaban J connectivity index is 2.69. The van der Waals surface area contributed by atoms with E-state index in [9.17, 15) is 13.2 Å². The van der Waals surface area contributed by atoms with E-state index in [-0.39, 0.29) is 20.4 Å². The van der Waals surface area contributed by atoms with Gasteiger partial charge in [-0.2, -0.15) is 0 Å². The number of halogens is 2. The van der Waals surface area contributed by atoms with Crippen molar-refractivity contribution in [3.63, 3.8) is 0 Å². The van der Waals surface area contributed by atoms with Gasteiger partial charge in [-0.05, 0) is 24.3 Å². The van der Waals surface area contributed by atoms with E-state index in [0.717, 1.165) is 0 Å². The van der Waals surface area contributed by atoms with Gasteiger partial charge in [0.1, 0.15) is 0 Å². The third-order valence-electron chi connectivity index (χ3n) is 2.52. The molecule has 2 rings (SSSR count). The van der Waals surface area contributed by atoms with E-state index < -0.39 is 9.84 Å². The number of rotatable bonds is 3. The van der Waals surface area contributed by atoms with Gasteiger partial charge < -0.3 is 0 Å². The molecule has 0 heterocycles. The third-order valence-corrected chi connectivity index (χ3v) is 5.06. The van der Waals surface area contributed by atoms with Crippen LogP contribution in [0.5, 0.6) is 0 Å². The van der Waals surface area contributed by atoms with Crippen molar-refractivity contribution >= 4 is 39.3 Å². The maximum atomic E-state index is 12.5. The standard InChI is InChI=1S/C13H8Cl2O3S/c14-10-5-6-13(11(15)7-10)19(17,18)12-4-2-1-3-9(12)8-16/h1-8H. The molecule has 0 radical (unpaired) electrons. The van der Waals surface area contributed by atoms with Gasteiger partial charge in [-0.3, -0.25) is 4.79 Å². The van der Waals surface area contributed by atoms with Gasteiger partial charge in [0, 0.05) is 10.6 Å². The van der Waals surface area contributed by atoms with Gasteiger partial charge in [-0.25, -0.2) is 8.42 Å². The minimum absolute atomic E-state index is 0.0215. The van der Waals surface area contributed by atoms with Gasteiger partial charge in [-0.1, -0.05) is 41.4 Å². The number of sulfone groups is 1. The Morgan fingerprint density at radius 3 is 2.26 bits per heavy atom. The fraction of sp³-hybridized carbons (Fsp3) is 0. The third kappa shape index (κ3) is 2.66. The summed E-state index contributed by atoms with van der Waals surface area (Å²) in [5.41, 5.74) is 0.0912. The number of benzene rings is 2. The van der Waals surface area contributed by atoms with Crippen LogP contribution in [0.3, 0.4) is 0 Å². The molecule has 0 fully saturated rings. The summed E-state index contributed by atoms with van der Waals surface area (Å²) in [5.74, 6) is 0. The maximum absolute atomic E-state index is 12.5. The lowest BCUT2D eigenvalue weighted by atomic mass is 10.2. The lowest BCUT2D eigenvalue weighted by molar-refractivity contribution is 0.112. The summed E-state index contributed by atoms with van der Waals surface area (Å²) in [6.07, 6.45) is 0.497. The largest absolute Gasteiger partial charge is 0.298 e. The molecule has 0 unspecified atom stereocenters. The smallest absolute Gasteiger partial charge is 0.208 e. The molecule has 0 amide bonds. The maximum Gasteiger partial charge on any atom is 0.208 e. The van der Waals surface area contributed by atoms with Crippen molar-refractivity contribution < 1.29 is 13.2 Å². The molecule has 98 valence electrons. The zero-order chi connectivity index (χ0) is 14.0. The van der Waals surface area contributed by atoms with Crippen LogP contribution in [-0.4, -0.2) is 14.7 Å². The van der Waals surface area contributed by atoms with Crippen LogP contribution in [0.4, 0.5) is 0 Å². The monoisotopic (exact) mass is 314 g/mol. The first-order valence-electron chi connectivity index (χ1n) is 5.21. The van der Waals surface area contributed by atoms with Gasteiger partial charge in [0.15, 0.2) is 6.29 Å². The molecule has 0 saturated carbocycles. The van der Waals surface area contributed by atoms with Crippen molar-refractivity contribution in [2.75, 3.05) is 0 Å². The molecular formula is C13H8Cl2O3S. The number of hydrogen-bond donors (Lipinski definition) is 0. The average molecular weight is 315 g/mol. The normalized spacial score (nSPS) is 11.3. The summed E-state index contributed by atoms with van der Waals surface area (Å²) < 4.78 is 24.9. The van der Waals surface area contributed by atoms with E-state index in [1.165, 1.54) is 30.3 Å². The molecular weight excluding hydrogens is 307 g/mol. The molecule has 2 aromatic carbocycles. The van der Waals surface area contributed by atoms with Crippen molar-refractivity contribution in [1.82, 2.24) is 0 Å². The zero-order valence-corrected chi connectivity index (χ0v) is 11.8. The summed E-state index contributed by atoms with van der Waals surface area (Å²) in [7, 11) is -3.85. The van der Waals surface area contributed by atoms with Gasteiger partial charge in [0.25, 0.3) is 0 Å². The Bertz CT molecular complexity index is 739. The van der Waals surface area contributed by atoms with Crippen molar-refractivity contribution in [2.24, 2.45) is 0 Å². The molecule has 3 nitrogen and oxygen atoms in total. The van der Waals surface area contributed by atoms with Crippen molar-refractivity contribution in [3.8, 4) is 0 Å². The highest BCUT2D eigenvalue weighted by molar-refractivity contribution is 7.91. The molecule has 0 atom stereocenters. The number of carbonyl (C=O) groups excluding carboxylic acids is 1. The SMILES string of the molecule is O=Cc1ccccc1S(=O)(=O)c1ccc(Cl)cc1Cl. The van der Waals surface area contributed by atoms with E-state index in [1.54, 1.807) is 12.1 Å². The fourth-order valence-corrected chi connectivity index (χ4v) is 3.83. The number of carbonyl (C=O) groups is 1. The predicted molar refractivity (Wildman–Crippen MR) is 73.7 cm³/mol. The van der Waals surface area contributed by atoms with Crippen molar-refractivity contribution in [1.29, 1.82) is 0 Å². The molecule has 6 heteroatoms. The Labute approximate surface area is 120 Å². The molecule has 0 spiro atoms. The highest BCUT2D eigenvalue weighted by Crippen LogP contribution is 2.30. The van der Waals surface area contributed by atoms with Crippen LogP contribution in [0.25, 0.3) is 0 Å². The van der Waals surface area contributed by atoms with Gasteiger partial charge in [0.2, 0.25) is 9.84 Å². The van der Waals surface area contributed by atoms with Crippen LogP contribution in [0.2, 0.25) is 10.0 Å². The second-order valence-electron chi connectivity index (χ2n) is 3.73. The Kier molecular flexibility index (Phi) is 3.94. The Hall–Kier alpha value is -1.36. The van der Waals surface area contributed by atoms with Gasteiger partial charge in [-0.15, -0.1) is 0 Å². The predicted octanol–water partition coefficient (Wildman–Crippen LogP) is 3.64. The van der Waals surface area contributed by atoms with Crippen molar-refractivity contribution in [2.45, 2.75) is 9.79 Å². The van der Waals surface area contributed by atoms with E-state index >= 15 is 0 Å². The molecule has 0 bridgehead atoms. The van der Waals surface area contributed by atoms with Crippen LogP contribution in [0.15, 0.2) is 52.3 Å². The first kappa shape index (κ1) is 14.1. The van der Waals surface area contributed by atoms with Crippen LogP contribution >= 0.6 is 23.2 Å². The number of aldehydes is 1. The fourth-order valence-electron chi connectivity index (χ4n) is 1.63. The van der Waals surface area contributed by atoms with E-state index in [2.05, 4.69) is 0 Å². The van der Waals surface area contributed by atoms with Gasteiger partial charge in [0.05, 0.1) is 14.8 Å². The first-order valence-corrected chi connectivity index (χ1v) is 7.45. The summed E-state index contributed by atoms with van der Waals surface area (Å²) >= 11 is 11.6. The van der Waals surface area contributed by atoms with Crippen LogP contribution in [0, 0.1) is 0 Å².